The molecule has 1 saturated heterocycles. The summed E-state index contributed by atoms with van der Waals surface area (Å²) in [6, 6.07) is 18.6. The molecule has 7 heteroatoms. The van der Waals surface area contributed by atoms with Gasteiger partial charge in [0.05, 0.1) is 11.4 Å². The summed E-state index contributed by atoms with van der Waals surface area (Å²) < 4.78 is 2.11. The highest BCUT2D eigenvalue weighted by Gasteiger charge is 2.24. The van der Waals surface area contributed by atoms with Gasteiger partial charge in [-0.3, -0.25) is 9.36 Å². The molecule has 1 fully saturated rings. The van der Waals surface area contributed by atoms with Crippen LogP contribution < -0.4 is 4.90 Å². The Morgan fingerprint density at radius 1 is 0.871 bits per heavy atom. The molecule has 6 nitrogen and oxygen atoms in total. The number of rotatable bonds is 5. The van der Waals surface area contributed by atoms with Gasteiger partial charge < -0.3 is 9.80 Å². The van der Waals surface area contributed by atoms with E-state index >= 15 is 0 Å². The number of anilines is 1. The minimum Gasteiger partial charge on any atom is -0.341 e. The molecule has 2 aromatic carbocycles. The minimum absolute atomic E-state index is 0.154. The number of piperidine rings is 1. The first-order valence-electron chi connectivity index (χ1n) is 11.0. The summed E-state index contributed by atoms with van der Waals surface area (Å²) in [5.74, 6) is 1.40. The van der Waals surface area contributed by atoms with Crippen LogP contribution in [0.5, 0.6) is 0 Å². The Morgan fingerprint density at radius 3 is 2.42 bits per heavy atom. The van der Waals surface area contributed by atoms with Crippen LogP contribution in [0.25, 0.3) is 5.69 Å². The molecule has 0 saturated carbocycles. The fourth-order valence-electron chi connectivity index (χ4n) is 4.38. The Hall–Kier alpha value is -2.80. The van der Waals surface area contributed by atoms with Gasteiger partial charge in [-0.25, -0.2) is 0 Å². The fourth-order valence-corrected chi connectivity index (χ4v) is 5.23. The van der Waals surface area contributed by atoms with E-state index in [4.69, 9.17) is 0 Å². The van der Waals surface area contributed by atoms with Crippen LogP contribution in [0.1, 0.15) is 30.4 Å². The number of fused-ring (bicyclic) bond motifs is 1. The normalized spacial score (nSPS) is 16.3. The van der Waals surface area contributed by atoms with Crippen molar-refractivity contribution in [2.75, 3.05) is 30.3 Å². The molecule has 160 valence electrons. The van der Waals surface area contributed by atoms with Crippen LogP contribution in [-0.2, 0) is 17.8 Å². The number of benzene rings is 2. The second kappa shape index (κ2) is 9.14. The van der Waals surface area contributed by atoms with E-state index in [1.165, 1.54) is 42.2 Å². The van der Waals surface area contributed by atoms with E-state index in [-0.39, 0.29) is 5.91 Å². The number of hydrogen-bond donors (Lipinski definition) is 0. The second-order valence-corrected chi connectivity index (χ2v) is 9.07. The molecule has 3 aromatic rings. The van der Waals surface area contributed by atoms with Crippen molar-refractivity contribution in [3.05, 3.63) is 65.7 Å². The molecule has 0 atom stereocenters. The van der Waals surface area contributed by atoms with Crippen molar-refractivity contribution in [1.82, 2.24) is 19.7 Å². The Balaban J connectivity index is 1.33. The first-order valence-corrected chi connectivity index (χ1v) is 12.0. The second-order valence-electron chi connectivity index (χ2n) is 8.12. The molecule has 31 heavy (non-hydrogen) atoms. The van der Waals surface area contributed by atoms with Gasteiger partial charge in [-0.05, 0) is 48.9 Å². The first-order chi connectivity index (χ1) is 15.3. The third-order valence-corrected chi connectivity index (χ3v) is 6.99. The average Bonchev–Trinajstić information content (AvgIpc) is 3.27. The van der Waals surface area contributed by atoms with Crippen LogP contribution in [0.15, 0.2) is 59.8 Å². The lowest BCUT2D eigenvalue weighted by Gasteiger charge is -2.29. The molecule has 5 rings (SSSR count). The number of carbonyl (C=O) groups is 1. The zero-order valence-electron chi connectivity index (χ0n) is 17.6. The number of carbonyl (C=O) groups excluding carboxylic acids is 1. The first kappa shape index (κ1) is 20.1. The minimum atomic E-state index is 0.154. The average molecular weight is 434 g/mol. The standard InChI is InChI=1S/C24H27N5OS/c30-22(28-16-13-19-9-5-6-10-20(19)17-28)18-31-24-26-25-23(27-14-7-2-8-15-27)29(24)21-11-3-1-4-12-21/h1,3-6,9-12H,2,7-8,13-18H2. The number of aromatic nitrogens is 3. The van der Waals surface area contributed by atoms with Crippen molar-refractivity contribution in [3.8, 4) is 5.69 Å². The smallest absolute Gasteiger partial charge is 0.233 e. The predicted molar refractivity (Wildman–Crippen MR) is 124 cm³/mol. The number of nitrogens with zero attached hydrogens (tertiary/aromatic N) is 5. The Kier molecular flexibility index (Phi) is 5.93. The van der Waals surface area contributed by atoms with Crippen LogP contribution in [0, 0.1) is 0 Å². The van der Waals surface area contributed by atoms with Gasteiger partial charge in [0.2, 0.25) is 11.9 Å². The van der Waals surface area contributed by atoms with Crippen molar-refractivity contribution in [2.45, 2.75) is 37.4 Å². The molecule has 1 amide bonds. The van der Waals surface area contributed by atoms with Gasteiger partial charge in [0.1, 0.15) is 0 Å². The van der Waals surface area contributed by atoms with Crippen LogP contribution >= 0.6 is 11.8 Å². The number of amides is 1. The molecule has 0 radical (unpaired) electrons. The molecular weight excluding hydrogens is 406 g/mol. The summed E-state index contributed by atoms with van der Waals surface area (Å²) in [5.41, 5.74) is 3.65. The van der Waals surface area contributed by atoms with Crippen LogP contribution in [0.4, 0.5) is 5.95 Å². The highest BCUT2D eigenvalue weighted by molar-refractivity contribution is 7.99. The van der Waals surface area contributed by atoms with Gasteiger partial charge in [0.25, 0.3) is 0 Å². The monoisotopic (exact) mass is 433 g/mol. The Morgan fingerprint density at radius 2 is 1.61 bits per heavy atom. The third-order valence-electron chi connectivity index (χ3n) is 6.08. The van der Waals surface area contributed by atoms with E-state index in [0.29, 0.717) is 12.3 Å². The molecule has 0 bridgehead atoms. The lowest BCUT2D eigenvalue weighted by molar-refractivity contribution is -0.129. The van der Waals surface area contributed by atoms with E-state index in [2.05, 4.69) is 50.0 Å². The molecule has 2 aliphatic rings. The highest BCUT2D eigenvalue weighted by Crippen LogP contribution is 2.29. The maximum Gasteiger partial charge on any atom is 0.233 e. The van der Waals surface area contributed by atoms with Gasteiger partial charge in [-0.15, -0.1) is 10.2 Å². The topological polar surface area (TPSA) is 54.3 Å². The summed E-state index contributed by atoms with van der Waals surface area (Å²) in [5, 5.41) is 9.79. The summed E-state index contributed by atoms with van der Waals surface area (Å²) in [6.07, 6.45) is 4.55. The van der Waals surface area contributed by atoms with E-state index in [1.807, 2.05) is 29.2 Å². The van der Waals surface area contributed by atoms with E-state index in [0.717, 1.165) is 42.8 Å². The maximum absolute atomic E-state index is 13.0. The van der Waals surface area contributed by atoms with Gasteiger partial charge in [-0.1, -0.05) is 54.2 Å². The molecule has 0 spiro atoms. The SMILES string of the molecule is O=C(CSc1nnc(N2CCCCC2)n1-c1ccccc1)N1CCc2ccccc2C1. The molecule has 0 unspecified atom stereocenters. The lowest BCUT2D eigenvalue weighted by Crippen LogP contribution is -2.37. The van der Waals surface area contributed by atoms with E-state index in [1.54, 1.807) is 0 Å². The fraction of sp³-hybridized carbons (Fsp3) is 0.375. The van der Waals surface area contributed by atoms with Crippen LogP contribution in [0.2, 0.25) is 0 Å². The summed E-state index contributed by atoms with van der Waals surface area (Å²) >= 11 is 1.48. The number of thioether (sulfide) groups is 1. The molecule has 0 aliphatic carbocycles. The number of hydrogen-bond acceptors (Lipinski definition) is 5. The molecule has 0 N–H and O–H groups in total. The number of para-hydroxylation sites is 1. The predicted octanol–water partition coefficient (Wildman–Crippen LogP) is 3.93. The zero-order valence-corrected chi connectivity index (χ0v) is 18.4. The van der Waals surface area contributed by atoms with E-state index < -0.39 is 0 Å². The van der Waals surface area contributed by atoms with E-state index in [9.17, 15) is 4.79 Å². The molecule has 2 aliphatic heterocycles. The van der Waals surface area contributed by atoms with Crippen LogP contribution in [-0.4, -0.2) is 51.0 Å². The van der Waals surface area contributed by atoms with Crippen molar-refractivity contribution >= 4 is 23.6 Å². The quantitative estimate of drug-likeness (QED) is 0.571. The third kappa shape index (κ3) is 4.32. The van der Waals surface area contributed by atoms with Crippen molar-refractivity contribution in [2.24, 2.45) is 0 Å². The molecular formula is C24H27N5OS. The lowest BCUT2D eigenvalue weighted by atomic mass is 10.00. The molecule has 1 aromatic heterocycles. The maximum atomic E-state index is 13.0. The highest BCUT2D eigenvalue weighted by atomic mass is 32.2. The largest absolute Gasteiger partial charge is 0.341 e. The van der Waals surface area contributed by atoms with Gasteiger partial charge >= 0.3 is 0 Å². The van der Waals surface area contributed by atoms with Crippen molar-refractivity contribution < 1.29 is 4.79 Å². The van der Waals surface area contributed by atoms with Crippen molar-refractivity contribution in [3.63, 3.8) is 0 Å². The van der Waals surface area contributed by atoms with Gasteiger partial charge in [-0.2, -0.15) is 0 Å². The zero-order chi connectivity index (χ0) is 21.0. The molecule has 3 heterocycles. The summed E-state index contributed by atoms with van der Waals surface area (Å²) in [6.45, 7) is 3.48. The summed E-state index contributed by atoms with van der Waals surface area (Å²) in [7, 11) is 0. The Labute approximate surface area is 187 Å². The Bertz CT molecular complexity index is 1050. The summed E-state index contributed by atoms with van der Waals surface area (Å²) in [4.78, 5) is 17.3. The van der Waals surface area contributed by atoms with Crippen molar-refractivity contribution in [1.29, 1.82) is 0 Å². The van der Waals surface area contributed by atoms with Gasteiger partial charge in [0, 0.05) is 26.2 Å². The van der Waals surface area contributed by atoms with Gasteiger partial charge in [0.15, 0.2) is 5.16 Å². The van der Waals surface area contributed by atoms with Crippen LogP contribution in [0.3, 0.4) is 0 Å².